The Bertz CT molecular complexity index is 274. The Morgan fingerprint density at radius 3 is 2.91 bits per heavy atom. The third kappa shape index (κ3) is 1.48. The second kappa shape index (κ2) is 3.03. The van der Waals surface area contributed by atoms with Gasteiger partial charge in [0.15, 0.2) is 17.6 Å². The predicted octanol–water partition coefficient (Wildman–Crippen LogP) is 0.206. The van der Waals surface area contributed by atoms with Crippen LogP contribution < -0.4 is 0 Å². The summed E-state index contributed by atoms with van der Waals surface area (Å²) >= 11 is 0. The standard InChI is InChI=1S/C7H6N2O2/c8-4-9-7-5(10)2-1-3-6(7)11/h1-2,7-8H,3H2. The first-order chi connectivity index (χ1) is 5.25. The van der Waals surface area contributed by atoms with Crippen LogP contribution in [0.1, 0.15) is 6.42 Å². The lowest BCUT2D eigenvalue weighted by Crippen LogP contribution is -2.29. The second-order valence-corrected chi connectivity index (χ2v) is 2.12. The molecule has 1 aliphatic carbocycles. The Kier molecular flexibility index (Phi) is 2.09. The van der Waals surface area contributed by atoms with Crippen LogP contribution in [0.3, 0.4) is 0 Å². The van der Waals surface area contributed by atoms with Gasteiger partial charge in [-0.25, -0.2) is 10.4 Å². The van der Waals surface area contributed by atoms with E-state index in [9.17, 15) is 9.59 Å². The van der Waals surface area contributed by atoms with Crippen molar-refractivity contribution in [3.8, 4) is 0 Å². The third-order valence-corrected chi connectivity index (χ3v) is 1.37. The van der Waals surface area contributed by atoms with Gasteiger partial charge in [0.05, 0.1) is 6.01 Å². The van der Waals surface area contributed by atoms with Crippen LogP contribution in [-0.2, 0) is 9.59 Å². The Balaban J connectivity index is 2.91. The van der Waals surface area contributed by atoms with E-state index in [4.69, 9.17) is 5.41 Å². The van der Waals surface area contributed by atoms with Crippen LogP contribution in [0.4, 0.5) is 0 Å². The normalized spacial score (nSPS) is 23.1. The SMILES string of the molecule is N=C=NC1C(=O)C=CCC1=O. The second-order valence-electron chi connectivity index (χ2n) is 2.12. The predicted molar refractivity (Wildman–Crippen MR) is 37.7 cm³/mol. The van der Waals surface area contributed by atoms with Gasteiger partial charge in [-0.05, 0) is 6.08 Å². The first kappa shape index (κ1) is 7.57. The molecule has 0 saturated heterocycles. The largest absolute Gasteiger partial charge is 0.296 e. The van der Waals surface area contributed by atoms with Gasteiger partial charge in [-0.3, -0.25) is 9.59 Å². The van der Waals surface area contributed by atoms with Crippen LogP contribution in [-0.4, -0.2) is 23.6 Å². The van der Waals surface area contributed by atoms with Gasteiger partial charge in [0, 0.05) is 6.42 Å². The summed E-state index contributed by atoms with van der Waals surface area (Å²) in [5, 5.41) is 6.47. The van der Waals surface area contributed by atoms with E-state index in [0.29, 0.717) is 0 Å². The number of nitrogens with one attached hydrogen (secondary N) is 1. The molecule has 0 amide bonds. The van der Waals surface area contributed by atoms with Crippen LogP contribution >= 0.6 is 0 Å². The zero-order valence-corrected chi connectivity index (χ0v) is 5.70. The van der Waals surface area contributed by atoms with Gasteiger partial charge in [0.1, 0.15) is 0 Å². The van der Waals surface area contributed by atoms with Crippen LogP contribution in [0.15, 0.2) is 17.1 Å². The van der Waals surface area contributed by atoms with Crippen molar-refractivity contribution in [3.63, 3.8) is 0 Å². The molecular formula is C7H6N2O2. The lowest BCUT2D eigenvalue weighted by atomic mass is 10.00. The van der Waals surface area contributed by atoms with Crippen molar-refractivity contribution in [1.29, 1.82) is 5.41 Å². The molecule has 1 atom stereocenters. The van der Waals surface area contributed by atoms with Gasteiger partial charge < -0.3 is 0 Å². The minimum Gasteiger partial charge on any atom is -0.296 e. The number of Topliss-reactive ketones (excluding diaryl/α,β-unsaturated/α-hetero) is 1. The molecule has 1 unspecified atom stereocenters. The fourth-order valence-corrected chi connectivity index (χ4v) is 0.853. The minimum atomic E-state index is -1.00. The summed E-state index contributed by atoms with van der Waals surface area (Å²) in [5.41, 5.74) is 0. The highest BCUT2D eigenvalue weighted by Gasteiger charge is 2.25. The summed E-state index contributed by atoms with van der Waals surface area (Å²) < 4.78 is 0. The van der Waals surface area contributed by atoms with Crippen molar-refractivity contribution in [2.75, 3.05) is 0 Å². The molecule has 0 spiro atoms. The van der Waals surface area contributed by atoms with Crippen molar-refractivity contribution in [2.24, 2.45) is 4.99 Å². The van der Waals surface area contributed by atoms with E-state index in [-0.39, 0.29) is 18.0 Å². The van der Waals surface area contributed by atoms with Crippen LogP contribution in [0.2, 0.25) is 0 Å². The highest BCUT2D eigenvalue weighted by atomic mass is 16.2. The summed E-state index contributed by atoms with van der Waals surface area (Å²) in [6, 6.07) is 0.695. The van der Waals surface area contributed by atoms with Gasteiger partial charge in [-0.2, -0.15) is 0 Å². The van der Waals surface area contributed by atoms with Gasteiger partial charge in [-0.1, -0.05) is 6.08 Å². The molecule has 0 aromatic heterocycles. The summed E-state index contributed by atoms with van der Waals surface area (Å²) in [6.07, 6.45) is 3.04. The molecule has 0 bridgehead atoms. The van der Waals surface area contributed by atoms with E-state index in [1.165, 1.54) is 12.2 Å². The average molecular weight is 150 g/mol. The molecule has 11 heavy (non-hydrogen) atoms. The lowest BCUT2D eigenvalue weighted by Gasteiger charge is -2.07. The minimum absolute atomic E-state index is 0.224. The number of ketones is 2. The maximum atomic E-state index is 10.9. The summed E-state index contributed by atoms with van der Waals surface area (Å²) in [4.78, 5) is 25.1. The van der Waals surface area contributed by atoms with Gasteiger partial charge in [0.2, 0.25) is 0 Å². The van der Waals surface area contributed by atoms with Crippen LogP contribution in [0, 0.1) is 5.41 Å². The number of nitrogens with zero attached hydrogens (tertiary/aromatic N) is 1. The van der Waals surface area contributed by atoms with Gasteiger partial charge in [0.25, 0.3) is 0 Å². The molecule has 0 aliphatic heterocycles. The van der Waals surface area contributed by atoms with Crippen LogP contribution in [0.5, 0.6) is 0 Å². The third-order valence-electron chi connectivity index (χ3n) is 1.37. The highest BCUT2D eigenvalue weighted by Crippen LogP contribution is 2.06. The maximum absolute atomic E-state index is 10.9. The number of carbonyl (C=O) groups is 2. The number of hydrogen-bond acceptors (Lipinski definition) is 4. The molecule has 0 fully saturated rings. The molecule has 0 aromatic rings. The van der Waals surface area contributed by atoms with E-state index < -0.39 is 6.04 Å². The molecule has 0 heterocycles. The summed E-state index contributed by atoms with van der Waals surface area (Å²) in [5.74, 6) is -0.627. The fourth-order valence-electron chi connectivity index (χ4n) is 0.853. The Morgan fingerprint density at radius 2 is 2.36 bits per heavy atom. The molecular weight excluding hydrogens is 144 g/mol. The first-order valence-electron chi connectivity index (χ1n) is 3.10. The van der Waals surface area contributed by atoms with E-state index in [1.807, 2.05) is 0 Å². The highest BCUT2D eigenvalue weighted by molar-refractivity contribution is 6.14. The number of carbonyl (C=O) groups excluding carboxylic acids is 2. The molecule has 4 nitrogen and oxygen atoms in total. The van der Waals surface area contributed by atoms with E-state index in [2.05, 4.69) is 4.99 Å². The molecule has 1 aliphatic rings. The summed E-state index contributed by atoms with van der Waals surface area (Å²) in [7, 11) is 0. The van der Waals surface area contributed by atoms with Gasteiger partial charge in [-0.15, -0.1) is 0 Å². The number of allylic oxidation sites excluding steroid dienone is 1. The molecule has 56 valence electrons. The summed E-state index contributed by atoms with van der Waals surface area (Å²) in [6.45, 7) is 0. The number of hydrogen-bond donors (Lipinski definition) is 1. The number of rotatable bonds is 1. The first-order valence-corrected chi connectivity index (χ1v) is 3.10. The molecule has 1 rings (SSSR count). The van der Waals surface area contributed by atoms with E-state index in [1.54, 1.807) is 6.01 Å². The number of aliphatic imine (C=N–C) groups is 1. The monoisotopic (exact) mass is 150 g/mol. The topological polar surface area (TPSA) is 70.3 Å². The van der Waals surface area contributed by atoms with E-state index in [0.717, 1.165) is 0 Å². The zero-order chi connectivity index (χ0) is 8.27. The van der Waals surface area contributed by atoms with Crippen molar-refractivity contribution >= 4 is 17.6 Å². The van der Waals surface area contributed by atoms with Crippen molar-refractivity contribution in [2.45, 2.75) is 12.5 Å². The molecule has 4 heteroatoms. The van der Waals surface area contributed by atoms with Crippen molar-refractivity contribution in [1.82, 2.24) is 0 Å². The fraction of sp³-hybridized carbons (Fsp3) is 0.286. The quantitative estimate of drug-likeness (QED) is 0.428. The smallest absolute Gasteiger partial charge is 0.188 e. The Labute approximate surface area is 63.1 Å². The molecule has 0 radical (unpaired) electrons. The van der Waals surface area contributed by atoms with Gasteiger partial charge >= 0.3 is 0 Å². The molecule has 0 aromatic carbocycles. The van der Waals surface area contributed by atoms with Crippen molar-refractivity contribution < 1.29 is 9.59 Å². The average Bonchev–Trinajstić information content (AvgIpc) is 1.97. The molecule has 0 saturated carbocycles. The van der Waals surface area contributed by atoms with Crippen LogP contribution in [0.25, 0.3) is 0 Å². The Morgan fingerprint density at radius 1 is 1.64 bits per heavy atom. The lowest BCUT2D eigenvalue weighted by molar-refractivity contribution is -0.126. The zero-order valence-electron chi connectivity index (χ0n) is 5.70. The van der Waals surface area contributed by atoms with Crippen molar-refractivity contribution in [3.05, 3.63) is 12.2 Å². The Hall–Kier alpha value is -1.54. The maximum Gasteiger partial charge on any atom is 0.188 e. The molecule has 1 N–H and O–H groups in total. The van der Waals surface area contributed by atoms with E-state index >= 15 is 0 Å².